The maximum absolute atomic E-state index is 12.8. The minimum atomic E-state index is -0.731. The van der Waals surface area contributed by atoms with Crippen LogP contribution in [0.15, 0.2) is 101 Å². The number of hydrogen-bond acceptors (Lipinski definition) is 5. The quantitative estimate of drug-likeness (QED) is 0.374. The molecule has 0 saturated carbocycles. The van der Waals surface area contributed by atoms with Gasteiger partial charge in [0.1, 0.15) is 18.2 Å². The van der Waals surface area contributed by atoms with E-state index in [2.05, 4.69) is 4.98 Å². The number of likely N-dealkylation sites (N-methyl/N-ethyl adjacent to an activating group) is 1. The van der Waals surface area contributed by atoms with Gasteiger partial charge in [0, 0.05) is 13.1 Å². The third-order valence-corrected chi connectivity index (χ3v) is 5.61. The van der Waals surface area contributed by atoms with Crippen molar-refractivity contribution in [1.82, 2.24) is 9.55 Å². The van der Waals surface area contributed by atoms with Crippen LogP contribution in [0.3, 0.4) is 0 Å². The maximum atomic E-state index is 12.8. The van der Waals surface area contributed by atoms with Gasteiger partial charge in [0.15, 0.2) is 5.69 Å². The molecule has 0 aliphatic rings. The van der Waals surface area contributed by atoms with E-state index in [0.717, 1.165) is 21.6 Å². The van der Waals surface area contributed by atoms with Crippen LogP contribution in [0.4, 0.5) is 11.5 Å². The summed E-state index contributed by atoms with van der Waals surface area (Å²) in [6.07, 6.45) is 2.97. The lowest BCUT2D eigenvalue weighted by atomic mass is 10.2. The molecule has 8 heteroatoms. The normalized spacial score (nSPS) is 10.9. The molecule has 1 heterocycles. The summed E-state index contributed by atoms with van der Waals surface area (Å²) in [5.41, 5.74) is 7.39. The van der Waals surface area contributed by atoms with Gasteiger partial charge in [0.25, 0.3) is 11.5 Å². The molecule has 8 nitrogen and oxygen atoms in total. The van der Waals surface area contributed by atoms with Crippen molar-refractivity contribution >= 4 is 23.5 Å². The fraction of sp³-hybridized carbons (Fsp3) is 0.107. The number of aromatic amines is 1. The SMILES string of the molecule is CN(C(=O)/C=C/c1ccc(OCc2ccccc2)cc1)c1c(N)n(Cc2ccccc2)c(=O)[nH]c1=O. The van der Waals surface area contributed by atoms with Gasteiger partial charge in [-0.1, -0.05) is 72.8 Å². The minimum Gasteiger partial charge on any atom is -0.489 e. The zero-order valence-corrected chi connectivity index (χ0v) is 19.8. The number of nitrogens with zero attached hydrogens (tertiary/aromatic N) is 2. The second-order valence-corrected chi connectivity index (χ2v) is 8.14. The first-order valence-electron chi connectivity index (χ1n) is 11.3. The van der Waals surface area contributed by atoms with Gasteiger partial charge in [-0.25, -0.2) is 4.79 Å². The highest BCUT2D eigenvalue weighted by Gasteiger charge is 2.19. The van der Waals surface area contributed by atoms with Gasteiger partial charge in [-0.2, -0.15) is 0 Å². The monoisotopic (exact) mass is 482 g/mol. The Kier molecular flexibility index (Phi) is 7.45. The van der Waals surface area contributed by atoms with Gasteiger partial charge >= 0.3 is 5.69 Å². The summed E-state index contributed by atoms with van der Waals surface area (Å²) in [6, 6.07) is 26.4. The highest BCUT2D eigenvalue weighted by Crippen LogP contribution is 2.18. The second-order valence-electron chi connectivity index (χ2n) is 8.14. The van der Waals surface area contributed by atoms with Crippen LogP contribution in [0.1, 0.15) is 16.7 Å². The van der Waals surface area contributed by atoms with Crippen LogP contribution >= 0.6 is 0 Å². The zero-order chi connectivity index (χ0) is 25.5. The second kappa shape index (κ2) is 11.1. The summed E-state index contributed by atoms with van der Waals surface area (Å²) in [5, 5.41) is 0. The molecule has 4 aromatic rings. The van der Waals surface area contributed by atoms with E-state index in [1.807, 2.05) is 84.9 Å². The first-order chi connectivity index (χ1) is 17.4. The fourth-order valence-corrected chi connectivity index (χ4v) is 3.63. The van der Waals surface area contributed by atoms with E-state index >= 15 is 0 Å². The number of amides is 1. The van der Waals surface area contributed by atoms with Crippen LogP contribution in [-0.4, -0.2) is 22.5 Å². The summed E-state index contributed by atoms with van der Waals surface area (Å²) in [4.78, 5) is 41.1. The first-order valence-corrected chi connectivity index (χ1v) is 11.3. The van der Waals surface area contributed by atoms with Crippen molar-refractivity contribution in [3.63, 3.8) is 0 Å². The fourth-order valence-electron chi connectivity index (χ4n) is 3.63. The Labute approximate surface area is 207 Å². The largest absolute Gasteiger partial charge is 0.489 e. The smallest absolute Gasteiger partial charge is 0.330 e. The lowest BCUT2D eigenvalue weighted by molar-refractivity contribution is -0.113. The number of carbonyl (C=O) groups excluding carboxylic acids is 1. The van der Waals surface area contributed by atoms with E-state index in [4.69, 9.17) is 10.5 Å². The minimum absolute atomic E-state index is 0.0863. The Morgan fingerprint density at radius 2 is 1.56 bits per heavy atom. The van der Waals surface area contributed by atoms with Gasteiger partial charge in [-0.3, -0.25) is 19.1 Å². The molecule has 0 radical (unpaired) electrons. The molecule has 4 rings (SSSR count). The molecule has 1 amide bonds. The summed E-state index contributed by atoms with van der Waals surface area (Å²) in [5.74, 6) is 0.151. The van der Waals surface area contributed by atoms with E-state index in [1.165, 1.54) is 17.7 Å². The van der Waals surface area contributed by atoms with Crippen molar-refractivity contribution in [3.05, 3.63) is 129 Å². The number of hydrogen-bond donors (Lipinski definition) is 2. The number of ether oxygens (including phenoxy) is 1. The highest BCUT2D eigenvalue weighted by molar-refractivity contribution is 6.04. The van der Waals surface area contributed by atoms with E-state index in [0.29, 0.717) is 12.4 Å². The molecule has 0 aliphatic heterocycles. The van der Waals surface area contributed by atoms with E-state index in [1.54, 1.807) is 6.08 Å². The Balaban J connectivity index is 1.46. The Morgan fingerprint density at radius 3 is 2.19 bits per heavy atom. The van der Waals surface area contributed by atoms with Crippen molar-refractivity contribution in [2.45, 2.75) is 13.2 Å². The molecule has 0 spiro atoms. The number of nitrogen functional groups attached to an aromatic ring is 1. The number of carbonyl (C=O) groups is 1. The molecule has 0 fully saturated rings. The summed E-state index contributed by atoms with van der Waals surface area (Å²) in [6.45, 7) is 0.619. The van der Waals surface area contributed by atoms with Crippen LogP contribution in [0.2, 0.25) is 0 Å². The molecule has 0 saturated heterocycles. The van der Waals surface area contributed by atoms with Gasteiger partial charge in [0.2, 0.25) is 0 Å². The molecule has 0 atom stereocenters. The van der Waals surface area contributed by atoms with Crippen molar-refractivity contribution < 1.29 is 9.53 Å². The Morgan fingerprint density at radius 1 is 0.944 bits per heavy atom. The summed E-state index contributed by atoms with van der Waals surface area (Å²) >= 11 is 0. The summed E-state index contributed by atoms with van der Waals surface area (Å²) < 4.78 is 7.01. The molecule has 182 valence electrons. The molecular weight excluding hydrogens is 456 g/mol. The molecule has 3 N–H and O–H groups in total. The van der Waals surface area contributed by atoms with Crippen LogP contribution in [0.25, 0.3) is 6.08 Å². The van der Waals surface area contributed by atoms with E-state index in [9.17, 15) is 14.4 Å². The van der Waals surface area contributed by atoms with Crippen molar-refractivity contribution in [3.8, 4) is 5.75 Å². The van der Waals surface area contributed by atoms with Gasteiger partial charge in [-0.05, 0) is 34.9 Å². The average molecular weight is 483 g/mol. The van der Waals surface area contributed by atoms with Gasteiger partial charge in [-0.15, -0.1) is 0 Å². The lowest BCUT2D eigenvalue weighted by Crippen LogP contribution is -2.39. The number of H-pyrrole nitrogens is 1. The first kappa shape index (κ1) is 24.3. The van der Waals surface area contributed by atoms with Crippen LogP contribution in [0, 0.1) is 0 Å². The van der Waals surface area contributed by atoms with Gasteiger partial charge < -0.3 is 15.4 Å². The van der Waals surface area contributed by atoms with E-state index in [-0.39, 0.29) is 18.1 Å². The number of rotatable bonds is 8. The Hall–Kier alpha value is -4.85. The molecule has 0 unspecified atom stereocenters. The molecule has 0 aliphatic carbocycles. The third-order valence-electron chi connectivity index (χ3n) is 5.61. The number of benzene rings is 3. The number of nitrogens with two attached hydrogens (primary N) is 1. The average Bonchev–Trinajstić information content (AvgIpc) is 2.90. The van der Waals surface area contributed by atoms with Crippen LogP contribution in [0.5, 0.6) is 5.75 Å². The van der Waals surface area contributed by atoms with Crippen molar-refractivity contribution in [2.24, 2.45) is 0 Å². The molecule has 0 bridgehead atoms. The molecule has 36 heavy (non-hydrogen) atoms. The van der Waals surface area contributed by atoms with Crippen LogP contribution in [-0.2, 0) is 17.9 Å². The maximum Gasteiger partial charge on any atom is 0.330 e. The summed E-state index contributed by atoms with van der Waals surface area (Å²) in [7, 11) is 1.44. The lowest BCUT2D eigenvalue weighted by Gasteiger charge is -2.19. The number of aromatic nitrogens is 2. The third kappa shape index (κ3) is 5.79. The Bertz CT molecular complexity index is 1470. The number of nitrogens with one attached hydrogen (secondary N) is 1. The topological polar surface area (TPSA) is 110 Å². The molecular formula is C28H26N4O4. The zero-order valence-electron chi connectivity index (χ0n) is 19.8. The number of anilines is 2. The predicted octanol–water partition coefficient (Wildman–Crippen LogP) is 3.42. The molecule has 1 aromatic heterocycles. The van der Waals surface area contributed by atoms with E-state index < -0.39 is 17.2 Å². The highest BCUT2D eigenvalue weighted by atomic mass is 16.5. The van der Waals surface area contributed by atoms with Crippen molar-refractivity contribution in [1.29, 1.82) is 0 Å². The molecule has 3 aromatic carbocycles. The van der Waals surface area contributed by atoms with Crippen LogP contribution < -0.4 is 26.6 Å². The predicted molar refractivity (Wildman–Crippen MR) is 141 cm³/mol. The van der Waals surface area contributed by atoms with Crippen molar-refractivity contribution in [2.75, 3.05) is 17.7 Å². The standard InChI is InChI=1S/C28H26N4O4/c1-31(25-26(29)32(28(35)30-27(25)34)18-21-8-4-2-5-9-21)24(33)17-14-20-12-15-23(16-13-20)36-19-22-10-6-3-7-11-22/h2-17H,18-19,29H2,1H3,(H,30,34,35)/b17-14+. The van der Waals surface area contributed by atoms with Gasteiger partial charge in [0.05, 0.1) is 6.54 Å².